The predicted octanol–water partition coefficient (Wildman–Crippen LogP) is 2.77. The van der Waals surface area contributed by atoms with E-state index in [2.05, 4.69) is 6.07 Å². The summed E-state index contributed by atoms with van der Waals surface area (Å²) in [6.07, 6.45) is 3.23. The standard InChI is InChI=1S/C12H18ClNO/c1-15-9-11-8-12(13)6-5-10(11)4-2-3-7-14/h5-6,8H,2-4,7,9,14H2,1H3. The second-order valence-electron chi connectivity index (χ2n) is 3.59. The molecular formula is C12H18ClNO. The summed E-state index contributed by atoms with van der Waals surface area (Å²) in [6.45, 7) is 1.38. The zero-order valence-electron chi connectivity index (χ0n) is 9.13. The minimum Gasteiger partial charge on any atom is -0.380 e. The molecule has 0 saturated carbocycles. The fourth-order valence-corrected chi connectivity index (χ4v) is 1.78. The summed E-state index contributed by atoms with van der Waals surface area (Å²) >= 11 is 5.94. The van der Waals surface area contributed by atoms with Crippen LogP contribution in [0.4, 0.5) is 0 Å². The number of rotatable bonds is 6. The van der Waals surface area contributed by atoms with E-state index in [0.717, 1.165) is 30.8 Å². The van der Waals surface area contributed by atoms with Crippen LogP contribution < -0.4 is 5.73 Å². The molecule has 0 heterocycles. The van der Waals surface area contributed by atoms with Crippen molar-refractivity contribution < 1.29 is 4.74 Å². The Kier molecular flexibility index (Phi) is 5.69. The Balaban J connectivity index is 2.67. The molecule has 0 aliphatic carbocycles. The monoisotopic (exact) mass is 227 g/mol. The molecule has 84 valence electrons. The predicted molar refractivity (Wildman–Crippen MR) is 64.2 cm³/mol. The van der Waals surface area contributed by atoms with Crippen LogP contribution in [0.5, 0.6) is 0 Å². The molecule has 1 rings (SSSR count). The molecule has 3 heteroatoms. The molecular weight excluding hydrogens is 210 g/mol. The molecule has 0 saturated heterocycles. The van der Waals surface area contributed by atoms with E-state index in [1.165, 1.54) is 11.1 Å². The zero-order valence-corrected chi connectivity index (χ0v) is 9.89. The maximum Gasteiger partial charge on any atom is 0.0716 e. The number of methoxy groups -OCH3 is 1. The van der Waals surface area contributed by atoms with Gasteiger partial charge in [0.15, 0.2) is 0 Å². The highest BCUT2D eigenvalue weighted by Crippen LogP contribution is 2.18. The van der Waals surface area contributed by atoms with Crippen LogP contribution in [-0.2, 0) is 17.8 Å². The lowest BCUT2D eigenvalue weighted by Crippen LogP contribution is -2.01. The van der Waals surface area contributed by atoms with Crippen LogP contribution in [0.25, 0.3) is 0 Å². The Morgan fingerprint density at radius 2 is 2.07 bits per heavy atom. The van der Waals surface area contributed by atoms with Crippen molar-refractivity contribution in [3.63, 3.8) is 0 Å². The number of aryl methyl sites for hydroxylation is 1. The third kappa shape index (κ3) is 4.20. The van der Waals surface area contributed by atoms with Crippen LogP contribution in [0.2, 0.25) is 5.02 Å². The van der Waals surface area contributed by atoms with Gasteiger partial charge in [-0.15, -0.1) is 0 Å². The van der Waals surface area contributed by atoms with E-state index in [0.29, 0.717) is 6.61 Å². The van der Waals surface area contributed by atoms with Crippen molar-refractivity contribution in [3.8, 4) is 0 Å². The second-order valence-corrected chi connectivity index (χ2v) is 4.03. The lowest BCUT2D eigenvalue weighted by atomic mass is 10.0. The molecule has 0 amide bonds. The minimum atomic E-state index is 0.624. The van der Waals surface area contributed by atoms with E-state index in [1.807, 2.05) is 12.1 Å². The van der Waals surface area contributed by atoms with Crippen LogP contribution >= 0.6 is 11.6 Å². The van der Waals surface area contributed by atoms with Gasteiger partial charge in [0, 0.05) is 12.1 Å². The molecule has 0 bridgehead atoms. The van der Waals surface area contributed by atoms with Crippen LogP contribution in [-0.4, -0.2) is 13.7 Å². The fraction of sp³-hybridized carbons (Fsp3) is 0.500. The third-order valence-electron chi connectivity index (χ3n) is 2.37. The Morgan fingerprint density at radius 3 is 2.73 bits per heavy atom. The molecule has 1 aromatic rings. The van der Waals surface area contributed by atoms with Gasteiger partial charge in [0.2, 0.25) is 0 Å². The lowest BCUT2D eigenvalue weighted by molar-refractivity contribution is 0.184. The number of benzene rings is 1. The minimum absolute atomic E-state index is 0.624. The molecule has 2 nitrogen and oxygen atoms in total. The highest BCUT2D eigenvalue weighted by atomic mass is 35.5. The van der Waals surface area contributed by atoms with Crippen LogP contribution in [0.1, 0.15) is 24.0 Å². The molecule has 0 aromatic heterocycles. The topological polar surface area (TPSA) is 35.2 Å². The second kappa shape index (κ2) is 6.83. The first-order valence-electron chi connectivity index (χ1n) is 5.24. The number of ether oxygens (including phenoxy) is 1. The highest BCUT2D eigenvalue weighted by molar-refractivity contribution is 6.30. The van der Waals surface area contributed by atoms with Gasteiger partial charge in [-0.3, -0.25) is 0 Å². The summed E-state index contributed by atoms with van der Waals surface area (Å²) in [5, 5.41) is 0.768. The van der Waals surface area contributed by atoms with Gasteiger partial charge in [-0.2, -0.15) is 0 Å². The van der Waals surface area contributed by atoms with E-state index in [4.69, 9.17) is 22.1 Å². The quantitative estimate of drug-likeness (QED) is 0.759. The molecule has 15 heavy (non-hydrogen) atoms. The van der Waals surface area contributed by atoms with E-state index < -0.39 is 0 Å². The van der Waals surface area contributed by atoms with E-state index >= 15 is 0 Å². The summed E-state index contributed by atoms with van der Waals surface area (Å²) in [7, 11) is 1.70. The summed E-state index contributed by atoms with van der Waals surface area (Å²) in [5.41, 5.74) is 7.96. The average molecular weight is 228 g/mol. The molecule has 0 spiro atoms. The van der Waals surface area contributed by atoms with Gasteiger partial charge in [0.1, 0.15) is 0 Å². The zero-order chi connectivity index (χ0) is 11.1. The van der Waals surface area contributed by atoms with Crippen molar-refractivity contribution in [3.05, 3.63) is 34.3 Å². The van der Waals surface area contributed by atoms with Crippen LogP contribution in [0.15, 0.2) is 18.2 Å². The molecule has 0 aliphatic heterocycles. The SMILES string of the molecule is COCc1cc(Cl)ccc1CCCCN. The normalized spacial score (nSPS) is 10.6. The van der Waals surface area contributed by atoms with Crippen molar-refractivity contribution in [1.29, 1.82) is 0 Å². The molecule has 0 aliphatic rings. The largest absolute Gasteiger partial charge is 0.380 e. The molecule has 2 N–H and O–H groups in total. The average Bonchev–Trinajstić information content (AvgIpc) is 2.22. The van der Waals surface area contributed by atoms with Crippen LogP contribution in [0, 0.1) is 0 Å². The Hall–Kier alpha value is -0.570. The highest BCUT2D eigenvalue weighted by Gasteiger charge is 2.03. The summed E-state index contributed by atoms with van der Waals surface area (Å²) in [6, 6.07) is 5.98. The maximum atomic E-state index is 5.94. The van der Waals surface area contributed by atoms with Crippen molar-refractivity contribution in [2.24, 2.45) is 5.73 Å². The number of hydrogen-bond donors (Lipinski definition) is 1. The number of nitrogens with two attached hydrogens (primary N) is 1. The Labute approximate surface area is 96.4 Å². The fourth-order valence-electron chi connectivity index (χ4n) is 1.59. The Bertz CT molecular complexity index is 302. The molecule has 1 aromatic carbocycles. The Morgan fingerprint density at radius 1 is 1.27 bits per heavy atom. The van der Waals surface area contributed by atoms with E-state index in [1.54, 1.807) is 7.11 Å². The summed E-state index contributed by atoms with van der Waals surface area (Å²) < 4.78 is 5.15. The lowest BCUT2D eigenvalue weighted by Gasteiger charge is -2.09. The van der Waals surface area contributed by atoms with E-state index in [9.17, 15) is 0 Å². The smallest absolute Gasteiger partial charge is 0.0716 e. The first kappa shape index (κ1) is 12.5. The van der Waals surface area contributed by atoms with Gasteiger partial charge in [-0.25, -0.2) is 0 Å². The van der Waals surface area contributed by atoms with Gasteiger partial charge in [-0.05, 0) is 49.1 Å². The number of hydrogen-bond acceptors (Lipinski definition) is 2. The molecule has 0 atom stereocenters. The van der Waals surface area contributed by atoms with Crippen molar-refractivity contribution in [2.45, 2.75) is 25.9 Å². The van der Waals surface area contributed by atoms with Gasteiger partial charge >= 0.3 is 0 Å². The van der Waals surface area contributed by atoms with Gasteiger partial charge in [0.05, 0.1) is 6.61 Å². The summed E-state index contributed by atoms with van der Waals surface area (Å²) in [5.74, 6) is 0. The van der Waals surface area contributed by atoms with Crippen molar-refractivity contribution >= 4 is 11.6 Å². The van der Waals surface area contributed by atoms with Crippen LogP contribution in [0.3, 0.4) is 0 Å². The van der Waals surface area contributed by atoms with Gasteiger partial charge in [0.25, 0.3) is 0 Å². The summed E-state index contributed by atoms with van der Waals surface area (Å²) in [4.78, 5) is 0. The van der Waals surface area contributed by atoms with Gasteiger partial charge in [-0.1, -0.05) is 17.7 Å². The third-order valence-corrected chi connectivity index (χ3v) is 2.60. The maximum absolute atomic E-state index is 5.94. The molecule has 0 radical (unpaired) electrons. The first-order valence-corrected chi connectivity index (χ1v) is 5.62. The molecule has 0 unspecified atom stereocenters. The number of unbranched alkanes of at least 4 members (excludes halogenated alkanes) is 1. The molecule has 0 fully saturated rings. The number of halogens is 1. The van der Waals surface area contributed by atoms with E-state index in [-0.39, 0.29) is 0 Å². The first-order chi connectivity index (χ1) is 7.27. The van der Waals surface area contributed by atoms with Gasteiger partial charge < -0.3 is 10.5 Å². The van der Waals surface area contributed by atoms with Crippen molar-refractivity contribution in [1.82, 2.24) is 0 Å². The van der Waals surface area contributed by atoms with Crippen molar-refractivity contribution in [2.75, 3.05) is 13.7 Å².